The van der Waals surface area contributed by atoms with Gasteiger partial charge in [-0.15, -0.1) is 5.10 Å². The van der Waals surface area contributed by atoms with Crippen molar-refractivity contribution in [2.75, 3.05) is 13.6 Å². The van der Waals surface area contributed by atoms with Gasteiger partial charge in [-0.3, -0.25) is 9.48 Å². The zero-order valence-corrected chi connectivity index (χ0v) is 9.12. The van der Waals surface area contributed by atoms with Gasteiger partial charge in [0.05, 0.1) is 12.7 Å². The summed E-state index contributed by atoms with van der Waals surface area (Å²) in [4.78, 5) is 15.1. The van der Waals surface area contributed by atoms with Gasteiger partial charge in [-0.1, -0.05) is 10.4 Å². The van der Waals surface area contributed by atoms with Crippen molar-refractivity contribution in [3.05, 3.63) is 12.0 Å². The van der Waals surface area contributed by atoms with Crippen molar-refractivity contribution in [2.45, 2.75) is 6.54 Å². The second kappa shape index (κ2) is 4.70. The summed E-state index contributed by atoms with van der Waals surface area (Å²) in [5.41, 5.74) is 5.78. The van der Waals surface area contributed by atoms with Crippen LogP contribution in [0.5, 0.6) is 0 Å². The second-order valence-corrected chi connectivity index (χ2v) is 3.16. The van der Waals surface area contributed by atoms with E-state index in [1.165, 1.54) is 7.05 Å². The van der Waals surface area contributed by atoms with Gasteiger partial charge in [0.15, 0.2) is 5.69 Å². The van der Waals surface area contributed by atoms with E-state index in [2.05, 4.69) is 25.8 Å². The first kappa shape index (κ1) is 11.2. The summed E-state index contributed by atoms with van der Waals surface area (Å²) in [5, 5.41) is 13.6. The molecule has 0 aliphatic rings. The van der Waals surface area contributed by atoms with Crippen molar-refractivity contribution in [1.29, 1.82) is 0 Å². The van der Waals surface area contributed by atoms with Gasteiger partial charge in [0, 0.05) is 13.6 Å². The zero-order chi connectivity index (χ0) is 12.3. The number of hydrogen-bond acceptors (Lipinski definition) is 7. The Morgan fingerprint density at radius 3 is 3.18 bits per heavy atom. The Morgan fingerprint density at radius 1 is 1.65 bits per heavy atom. The van der Waals surface area contributed by atoms with Gasteiger partial charge in [0.1, 0.15) is 0 Å². The summed E-state index contributed by atoms with van der Waals surface area (Å²) < 4.78 is 6.45. The molecule has 9 nitrogen and oxygen atoms in total. The number of amides is 1. The molecule has 0 bridgehead atoms. The summed E-state index contributed by atoms with van der Waals surface area (Å²) in [7, 11) is 1.48. The fourth-order valence-electron chi connectivity index (χ4n) is 1.17. The lowest BCUT2D eigenvalue weighted by molar-refractivity contribution is 0.0950. The average molecular weight is 237 g/mol. The summed E-state index contributed by atoms with van der Waals surface area (Å²) in [6, 6.07) is 0. The highest BCUT2D eigenvalue weighted by Gasteiger charge is 2.16. The van der Waals surface area contributed by atoms with Crippen LogP contribution in [0.1, 0.15) is 10.6 Å². The van der Waals surface area contributed by atoms with E-state index in [1.54, 1.807) is 10.9 Å². The Morgan fingerprint density at radius 2 is 2.47 bits per heavy atom. The Kier molecular flexibility index (Phi) is 3.10. The van der Waals surface area contributed by atoms with Gasteiger partial charge in [0.2, 0.25) is 0 Å². The first-order chi connectivity index (χ1) is 8.24. The number of nitrogens with zero attached hydrogens (tertiary/aromatic N) is 5. The van der Waals surface area contributed by atoms with E-state index < -0.39 is 5.91 Å². The first-order valence-corrected chi connectivity index (χ1v) is 4.91. The highest BCUT2D eigenvalue weighted by atomic mass is 16.5. The fourth-order valence-corrected chi connectivity index (χ4v) is 1.17. The van der Waals surface area contributed by atoms with Gasteiger partial charge in [-0.2, -0.15) is 4.98 Å². The molecule has 0 unspecified atom stereocenters. The molecule has 0 aromatic carbocycles. The van der Waals surface area contributed by atoms with Crippen molar-refractivity contribution in [1.82, 2.24) is 30.5 Å². The third kappa shape index (κ3) is 2.28. The molecule has 0 saturated carbocycles. The first-order valence-electron chi connectivity index (χ1n) is 4.91. The molecule has 3 N–H and O–H groups in total. The standard InChI is InChI=1S/C8H11N7O2/c1-10-7(16)6-11-8(17-13-6)5-4-15(3-2-9)14-12-5/h4H,2-3,9H2,1H3,(H,10,16). The lowest BCUT2D eigenvalue weighted by atomic mass is 10.4. The topological polar surface area (TPSA) is 125 Å². The summed E-state index contributed by atoms with van der Waals surface area (Å²) in [5.74, 6) is -0.322. The van der Waals surface area contributed by atoms with E-state index in [4.69, 9.17) is 10.3 Å². The maximum Gasteiger partial charge on any atom is 0.292 e. The van der Waals surface area contributed by atoms with Crippen LogP contribution >= 0.6 is 0 Å². The van der Waals surface area contributed by atoms with E-state index in [1.807, 2.05) is 0 Å². The molecular weight excluding hydrogens is 226 g/mol. The van der Waals surface area contributed by atoms with E-state index >= 15 is 0 Å². The number of carbonyl (C=O) groups excluding carboxylic acids is 1. The van der Waals surface area contributed by atoms with Crippen LogP contribution in [0.3, 0.4) is 0 Å². The van der Waals surface area contributed by atoms with Crippen LogP contribution in [-0.2, 0) is 6.54 Å². The maximum atomic E-state index is 11.2. The van der Waals surface area contributed by atoms with Crippen molar-refractivity contribution >= 4 is 5.91 Å². The lowest BCUT2D eigenvalue weighted by Crippen LogP contribution is -2.19. The maximum absolute atomic E-state index is 11.2. The number of nitrogens with one attached hydrogen (secondary N) is 1. The van der Waals surface area contributed by atoms with E-state index in [9.17, 15) is 4.79 Å². The minimum Gasteiger partial charge on any atom is -0.352 e. The van der Waals surface area contributed by atoms with Gasteiger partial charge in [-0.05, 0) is 0 Å². The minimum absolute atomic E-state index is 0.0455. The SMILES string of the molecule is CNC(=O)c1noc(-c2cn(CCN)nn2)n1. The lowest BCUT2D eigenvalue weighted by Gasteiger charge is -1.91. The molecule has 9 heteroatoms. The van der Waals surface area contributed by atoms with E-state index in [0.717, 1.165) is 0 Å². The number of rotatable bonds is 4. The highest BCUT2D eigenvalue weighted by Crippen LogP contribution is 2.12. The van der Waals surface area contributed by atoms with Crippen LogP contribution in [0.15, 0.2) is 10.7 Å². The molecular formula is C8H11N7O2. The monoisotopic (exact) mass is 237 g/mol. The molecule has 1 amide bonds. The van der Waals surface area contributed by atoms with Crippen molar-refractivity contribution in [3.8, 4) is 11.6 Å². The molecule has 0 fully saturated rings. The molecule has 90 valence electrons. The van der Waals surface area contributed by atoms with Crippen LogP contribution in [0.4, 0.5) is 0 Å². The molecule has 2 aromatic rings. The Labute approximate surface area is 96.0 Å². The molecule has 0 spiro atoms. The smallest absolute Gasteiger partial charge is 0.292 e. The van der Waals surface area contributed by atoms with Gasteiger partial charge < -0.3 is 15.6 Å². The van der Waals surface area contributed by atoms with Crippen LogP contribution in [0, 0.1) is 0 Å². The van der Waals surface area contributed by atoms with Crippen LogP contribution in [-0.4, -0.2) is 44.6 Å². The summed E-state index contributed by atoms with van der Waals surface area (Å²) in [6.45, 7) is 1.000. The minimum atomic E-state index is -0.422. The molecule has 17 heavy (non-hydrogen) atoms. The van der Waals surface area contributed by atoms with Crippen molar-refractivity contribution in [3.63, 3.8) is 0 Å². The molecule has 2 heterocycles. The van der Waals surface area contributed by atoms with E-state index in [-0.39, 0.29) is 11.7 Å². The number of hydrogen-bond donors (Lipinski definition) is 2. The van der Waals surface area contributed by atoms with Gasteiger partial charge in [0.25, 0.3) is 17.6 Å². The Balaban J connectivity index is 2.21. The van der Waals surface area contributed by atoms with Crippen LogP contribution in [0.25, 0.3) is 11.6 Å². The molecule has 0 aliphatic heterocycles. The normalized spacial score (nSPS) is 10.5. The predicted octanol–water partition coefficient (Wildman–Crippen LogP) is -1.35. The number of nitrogens with two attached hydrogens (primary N) is 1. The van der Waals surface area contributed by atoms with Crippen molar-refractivity contribution < 1.29 is 9.32 Å². The van der Waals surface area contributed by atoms with Crippen molar-refractivity contribution in [2.24, 2.45) is 5.73 Å². The Hall–Kier alpha value is -2.29. The third-order valence-corrected chi connectivity index (χ3v) is 1.97. The molecule has 0 aliphatic carbocycles. The predicted molar refractivity (Wildman–Crippen MR) is 55.8 cm³/mol. The highest BCUT2D eigenvalue weighted by molar-refractivity contribution is 5.90. The van der Waals surface area contributed by atoms with Gasteiger partial charge >= 0.3 is 0 Å². The quantitative estimate of drug-likeness (QED) is 0.673. The molecule has 2 rings (SSSR count). The number of carbonyl (C=O) groups is 1. The third-order valence-electron chi connectivity index (χ3n) is 1.97. The van der Waals surface area contributed by atoms with Crippen LogP contribution in [0.2, 0.25) is 0 Å². The molecule has 0 atom stereocenters. The zero-order valence-electron chi connectivity index (χ0n) is 9.12. The van der Waals surface area contributed by atoms with Crippen LogP contribution < -0.4 is 11.1 Å². The van der Waals surface area contributed by atoms with E-state index in [0.29, 0.717) is 18.8 Å². The van der Waals surface area contributed by atoms with Gasteiger partial charge in [-0.25, -0.2) is 0 Å². The summed E-state index contributed by atoms with van der Waals surface area (Å²) in [6.07, 6.45) is 1.62. The largest absolute Gasteiger partial charge is 0.352 e. The molecule has 0 saturated heterocycles. The summed E-state index contributed by atoms with van der Waals surface area (Å²) >= 11 is 0. The Bertz CT molecular complexity index is 517. The number of aromatic nitrogens is 5. The average Bonchev–Trinajstić information content (AvgIpc) is 2.96. The molecule has 0 radical (unpaired) electrons. The fraction of sp³-hybridized carbons (Fsp3) is 0.375. The second-order valence-electron chi connectivity index (χ2n) is 3.16. The molecule has 2 aromatic heterocycles.